The quantitative estimate of drug-likeness (QED) is 0.470. The Kier molecular flexibility index (Phi) is 7.49. The number of para-hydroxylation sites is 1. The largest absolute Gasteiger partial charge is 0.484 e. The summed E-state index contributed by atoms with van der Waals surface area (Å²) in [6.07, 6.45) is 0. The SMILES string of the molecule is COCCNC(=O)[C@@H](C)N1C(=O)COc2ccc(C(=O)COc3ccccc3Cl)cc21. The molecule has 0 saturated carbocycles. The van der Waals surface area contributed by atoms with E-state index in [1.807, 2.05) is 0 Å². The first-order chi connectivity index (χ1) is 14.9. The Bertz CT molecular complexity index is 980. The van der Waals surface area contributed by atoms with Gasteiger partial charge in [-0.05, 0) is 37.3 Å². The van der Waals surface area contributed by atoms with Crippen molar-refractivity contribution in [2.75, 3.05) is 38.4 Å². The molecule has 1 N–H and O–H groups in total. The second-order valence-electron chi connectivity index (χ2n) is 6.84. The fourth-order valence-electron chi connectivity index (χ4n) is 3.10. The summed E-state index contributed by atoms with van der Waals surface area (Å²) in [5.74, 6) is -0.203. The van der Waals surface area contributed by atoms with Crippen LogP contribution in [0.5, 0.6) is 11.5 Å². The van der Waals surface area contributed by atoms with E-state index in [9.17, 15) is 14.4 Å². The normalized spacial score (nSPS) is 13.8. The van der Waals surface area contributed by atoms with Crippen LogP contribution < -0.4 is 19.7 Å². The average molecular weight is 447 g/mol. The molecule has 1 atom stereocenters. The van der Waals surface area contributed by atoms with E-state index < -0.39 is 6.04 Å². The van der Waals surface area contributed by atoms with Crippen molar-refractivity contribution in [1.29, 1.82) is 0 Å². The van der Waals surface area contributed by atoms with Crippen LogP contribution in [0.1, 0.15) is 17.3 Å². The molecule has 0 spiro atoms. The zero-order valence-electron chi connectivity index (χ0n) is 17.2. The number of carbonyl (C=O) groups excluding carboxylic acids is 3. The molecule has 0 fully saturated rings. The number of nitrogens with one attached hydrogen (secondary N) is 1. The van der Waals surface area contributed by atoms with E-state index in [1.54, 1.807) is 43.3 Å². The van der Waals surface area contributed by atoms with Crippen molar-refractivity contribution >= 4 is 34.9 Å². The molecule has 9 heteroatoms. The Morgan fingerprint density at radius 1 is 1.26 bits per heavy atom. The lowest BCUT2D eigenvalue weighted by Gasteiger charge is -2.33. The summed E-state index contributed by atoms with van der Waals surface area (Å²) in [5, 5.41) is 3.12. The standard InChI is InChI=1S/C22H23ClN2O6/c1-14(22(28)24-9-10-29-2)25-17-11-15(7-8-20(17)31-13-21(25)27)18(26)12-30-19-6-4-3-5-16(19)23/h3-8,11,14H,9-10,12-13H2,1-2H3,(H,24,28)/t14-/m1/s1. The minimum Gasteiger partial charge on any atom is -0.484 e. The van der Waals surface area contributed by atoms with Gasteiger partial charge in [-0.25, -0.2) is 0 Å². The molecule has 0 bridgehead atoms. The van der Waals surface area contributed by atoms with Crippen LogP contribution in [0.2, 0.25) is 5.02 Å². The van der Waals surface area contributed by atoms with Gasteiger partial charge in [0.1, 0.15) is 17.5 Å². The van der Waals surface area contributed by atoms with Crippen LogP contribution in [-0.4, -0.2) is 57.1 Å². The van der Waals surface area contributed by atoms with Gasteiger partial charge in [0.25, 0.3) is 5.91 Å². The van der Waals surface area contributed by atoms with Gasteiger partial charge in [-0.1, -0.05) is 23.7 Å². The number of halogens is 1. The first-order valence-corrected chi connectivity index (χ1v) is 10.1. The third kappa shape index (κ3) is 5.34. The van der Waals surface area contributed by atoms with Gasteiger partial charge in [-0.2, -0.15) is 0 Å². The fourth-order valence-corrected chi connectivity index (χ4v) is 3.29. The second kappa shape index (κ2) is 10.3. The zero-order valence-corrected chi connectivity index (χ0v) is 18.0. The monoisotopic (exact) mass is 446 g/mol. The second-order valence-corrected chi connectivity index (χ2v) is 7.24. The molecule has 0 aromatic heterocycles. The molecule has 1 aliphatic heterocycles. The summed E-state index contributed by atoms with van der Waals surface area (Å²) < 4.78 is 15.9. The molecule has 0 unspecified atom stereocenters. The number of fused-ring (bicyclic) bond motifs is 1. The van der Waals surface area contributed by atoms with Crippen molar-refractivity contribution in [2.24, 2.45) is 0 Å². The summed E-state index contributed by atoms with van der Waals surface area (Å²) in [6.45, 7) is 1.87. The highest BCUT2D eigenvalue weighted by molar-refractivity contribution is 6.32. The number of ketones is 1. The highest BCUT2D eigenvalue weighted by Gasteiger charge is 2.33. The number of rotatable bonds is 9. The van der Waals surface area contributed by atoms with E-state index in [1.165, 1.54) is 18.1 Å². The molecule has 8 nitrogen and oxygen atoms in total. The van der Waals surface area contributed by atoms with Gasteiger partial charge in [0.05, 0.1) is 17.3 Å². The molecule has 2 aromatic carbocycles. The van der Waals surface area contributed by atoms with Crippen LogP contribution in [-0.2, 0) is 14.3 Å². The van der Waals surface area contributed by atoms with E-state index in [4.69, 9.17) is 25.8 Å². The molecule has 1 heterocycles. The summed E-state index contributed by atoms with van der Waals surface area (Å²) >= 11 is 6.05. The Hall–Kier alpha value is -3.10. The zero-order chi connectivity index (χ0) is 22.4. The molecule has 2 amide bonds. The molecule has 0 aliphatic carbocycles. The van der Waals surface area contributed by atoms with Gasteiger partial charge in [0, 0.05) is 19.2 Å². The molecular weight excluding hydrogens is 424 g/mol. The van der Waals surface area contributed by atoms with Gasteiger partial charge in [-0.3, -0.25) is 19.3 Å². The lowest BCUT2D eigenvalue weighted by Crippen LogP contribution is -2.51. The predicted molar refractivity (Wildman–Crippen MR) is 115 cm³/mol. The van der Waals surface area contributed by atoms with Gasteiger partial charge in [0.2, 0.25) is 5.91 Å². The number of anilines is 1. The number of nitrogens with zero attached hydrogens (tertiary/aromatic N) is 1. The number of hydrogen-bond acceptors (Lipinski definition) is 6. The fraction of sp³-hybridized carbons (Fsp3) is 0.318. The number of carbonyl (C=O) groups is 3. The van der Waals surface area contributed by atoms with Gasteiger partial charge in [0.15, 0.2) is 19.0 Å². The maximum absolute atomic E-state index is 12.7. The molecule has 0 saturated heterocycles. The number of hydrogen-bond donors (Lipinski definition) is 1. The van der Waals surface area contributed by atoms with Crippen molar-refractivity contribution in [3.05, 3.63) is 53.1 Å². The summed E-state index contributed by atoms with van der Waals surface area (Å²) in [4.78, 5) is 39.0. The third-order valence-electron chi connectivity index (χ3n) is 4.73. The topological polar surface area (TPSA) is 94.2 Å². The minimum atomic E-state index is -0.795. The number of methoxy groups -OCH3 is 1. The molecule has 1 aliphatic rings. The Balaban J connectivity index is 1.78. The van der Waals surface area contributed by atoms with Crippen molar-refractivity contribution in [2.45, 2.75) is 13.0 Å². The minimum absolute atomic E-state index is 0.189. The average Bonchev–Trinajstić information content (AvgIpc) is 2.77. The highest BCUT2D eigenvalue weighted by atomic mass is 35.5. The van der Waals surface area contributed by atoms with Crippen LogP contribution in [0.25, 0.3) is 0 Å². The first kappa shape index (κ1) is 22.6. The Labute approximate surface area is 185 Å². The van der Waals surface area contributed by atoms with Gasteiger partial charge in [-0.15, -0.1) is 0 Å². The van der Waals surface area contributed by atoms with Crippen molar-refractivity contribution in [3.63, 3.8) is 0 Å². The first-order valence-electron chi connectivity index (χ1n) is 9.68. The van der Waals surface area contributed by atoms with Crippen molar-refractivity contribution in [3.8, 4) is 11.5 Å². The maximum atomic E-state index is 12.7. The molecule has 2 aromatic rings. The van der Waals surface area contributed by atoms with E-state index >= 15 is 0 Å². The summed E-state index contributed by atoms with van der Waals surface area (Å²) in [6, 6.07) is 10.8. The van der Waals surface area contributed by atoms with E-state index in [0.29, 0.717) is 40.9 Å². The van der Waals surface area contributed by atoms with Gasteiger partial charge < -0.3 is 19.5 Å². The molecule has 3 rings (SSSR count). The molecular formula is C22H23ClN2O6. The van der Waals surface area contributed by atoms with Crippen LogP contribution in [0.15, 0.2) is 42.5 Å². The number of ether oxygens (including phenoxy) is 3. The molecule has 0 radical (unpaired) electrons. The van der Waals surface area contributed by atoms with Crippen molar-refractivity contribution < 1.29 is 28.6 Å². The summed E-state index contributed by atoms with van der Waals surface area (Å²) in [5.41, 5.74) is 0.676. The maximum Gasteiger partial charge on any atom is 0.265 e. The smallest absolute Gasteiger partial charge is 0.265 e. The Morgan fingerprint density at radius 2 is 2.03 bits per heavy atom. The summed E-state index contributed by atoms with van der Waals surface area (Å²) in [7, 11) is 1.53. The lowest BCUT2D eigenvalue weighted by atomic mass is 10.1. The predicted octanol–water partition coefficient (Wildman–Crippen LogP) is 2.48. The number of benzene rings is 2. The molecule has 31 heavy (non-hydrogen) atoms. The van der Waals surface area contributed by atoms with Crippen LogP contribution in [0.4, 0.5) is 5.69 Å². The van der Waals surface area contributed by atoms with Crippen molar-refractivity contribution in [1.82, 2.24) is 5.32 Å². The lowest BCUT2D eigenvalue weighted by molar-refractivity contribution is -0.127. The van der Waals surface area contributed by atoms with Gasteiger partial charge >= 0.3 is 0 Å². The van der Waals surface area contributed by atoms with Crippen LogP contribution >= 0.6 is 11.6 Å². The van der Waals surface area contributed by atoms with Crippen LogP contribution in [0.3, 0.4) is 0 Å². The van der Waals surface area contributed by atoms with E-state index in [-0.39, 0.29) is 30.8 Å². The molecule has 164 valence electrons. The van der Waals surface area contributed by atoms with Crippen LogP contribution in [0, 0.1) is 0 Å². The highest BCUT2D eigenvalue weighted by Crippen LogP contribution is 2.34. The number of amides is 2. The van der Waals surface area contributed by atoms with E-state index in [2.05, 4.69) is 5.32 Å². The Morgan fingerprint density at radius 3 is 2.77 bits per heavy atom. The van der Waals surface area contributed by atoms with E-state index in [0.717, 1.165) is 0 Å². The third-order valence-corrected chi connectivity index (χ3v) is 5.04. The number of Topliss-reactive ketones (excluding diaryl/α,β-unsaturated/α-hetero) is 1.